The highest BCUT2D eigenvalue weighted by Gasteiger charge is 2.09. The molecule has 18 heavy (non-hydrogen) atoms. The van der Waals surface area contributed by atoms with Crippen molar-refractivity contribution in [2.45, 2.75) is 25.8 Å². The maximum Gasteiger partial charge on any atom is 0.133 e. The van der Waals surface area contributed by atoms with Crippen molar-refractivity contribution < 1.29 is 9.84 Å². The molecule has 0 bridgehead atoms. The van der Waals surface area contributed by atoms with E-state index in [9.17, 15) is 5.11 Å². The Morgan fingerprint density at radius 2 is 2.11 bits per heavy atom. The minimum atomic E-state index is -0.163. The summed E-state index contributed by atoms with van der Waals surface area (Å²) in [6.07, 6.45) is 1.83. The van der Waals surface area contributed by atoms with Gasteiger partial charge >= 0.3 is 0 Å². The van der Waals surface area contributed by atoms with Gasteiger partial charge < -0.3 is 20.5 Å². The van der Waals surface area contributed by atoms with Gasteiger partial charge in [0.15, 0.2) is 0 Å². The lowest BCUT2D eigenvalue weighted by atomic mass is 10.3. The van der Waals surface area contributed by atoms with E-state index in [1.54, 1.807) is 7.11 Å². The summed E-state index contributed by atoms with van der Waals surface area (Å²) in [6.45, 7) is 2.51. The zero-order valence-electron chi connectivity index (χ0n) is 11.2. The van der Waals surface area contributed by atoms with Gasteiger partial charge in [0, 0.05) is 26.6 Å². The van der Waals surface area contributed by atoms with Gasteiger partial charge in [0.05, 0.1) is 19.3 Å². The molecule has 0 aliphatic rings. The average Bonchev–Trinajstić information content (AvgIpc) is 2.38. The van der Waals surface area contributed by atoms with E-state index in [0.29, 0.717) is 12.4 Å². The van der Waals surface area contributed by atoms with Crippen LogP contribution in [0.25, 0.3) is 0 Å². The van der Waals surface area contributed by atoms with Crippen LogP contribution in [0.1, 0.15) is 19.2 Å². The second-order valence-corrected chi connectivity index (χ2v) is 4.03. The second kappa shape index (κ2) is 7.84. The fraction of sp³-hybridized carbons (Fsp3) is 0.667. The van der Waals surface area contributed by atoms with Crippen LogP contribution in [0.15, 0.2) is 6.07 Å². The summed E-state index contributed by atoms with van der Waals surface area (Å²) in [5, 5.41) is 15.4. The molecule has 0 fully saturated rings. The van der Waals surface area contributed by atoms with Crippen molar-refractivity contribution in [3.05, 3.63) is 11.9 Å². The highest BCUT2D eigenvalue weighted by Crippen LogP contribution is 2.13. The summed E-state index contributed by atoms with van der Waals surface area (Å²) in [4.78, 5) is 8.78. The maximum atomic E-state index is 9.22. The lowest BCUT2D eigenvalue weighted by Crippen LogP contribution is -2.29. The summed E-state index contributed by atoms with van der Waals surface area (Å²) in [5.74, 6) is 2.26. The number of hydrogen-bond acceptors (Lipinski definition) is 6. The highest BCUT2D eigenvalue weighted by molar-refractivity contribution is 5.47. The SMILES string of the molecule is CCCc1nc(NC)cc(NC(CO)COC)n1. The van der Waals surface area contributed by atoms with E-state index >= 15 is 0 Å². The number of nitrogens with one attached hydrogen (secondary N) is 2. The molecule has 3 N–H and O–H groups in total. The number of aromatic nitrogens is 2. The maximum absolute atomic E-state index is 9.22. The molecule has 0 radical (unpaired) electrons. The van der Waals surface area contributed by atoms with Crippen LogP contribution in [0.2, 0.25) is 0 Å². The van der Waals surface area contributed by atoms with Crippen molar-refractivity contribution in [3.8, 4) is 0 Å². The fourth-order valence-corrected chi connectivity index (χ4v) is 1.58. The number of aliphatic hydroxyl groups is 1. The quantitative estimate of drug-likeness (QED) is 0.639. The molecule has 0 amide bonds. The molecule has 0 saturated heterocycles. The molecule has 0 aliphatic carbocycles. The van der Waals surface area contributed by atoms with Crippen LogP contribution in [0.5, 0.6) is 0 Å². The van der Waals surface area contributed by atoms with Gasteiger partial charge in [0.2, 0.25) is 0 Å². The Labute approximate surface area is 108 Å². The molecule has 0 aliphatic heterocycles. The first-order valence-corrected chi connectivity index (χ1v) is 6.15. The van der Waals surface area contributed by atoms with E-state index in [0.717, 1.165) is 24.5 Å². The molecule has 1 heterocycles. The summed E-state index contributed by atoms with van der Waals surface area (Å²) in [7, 11) is 3.42. The Kier molecular flexibility index (Phi) is 6.38. The number of ether oxygens (including phenoxy) is 1. The lowest BCUT2D eigenvalue weighted by Gasteiger charge is -2.16. The van der Waals surface area contributed by atoms with E-state index in [1.165, 1.54) is 0 Å². The van der Waals surface area contributed by atoms with E-state index < -0.39 is 0 Å². The Bertz CT molecular complexity index is 360. The standard InChI is InChI=1S/C12H22N4O2/c1-4-5-10-15-11(13-2)6-12(16-10)14-9(7-17)8-18-3/h6,9,17H,4-5,7-8H2,1-3H3,(H2,13,14,15,16). The zero-order valence-corrected chi connectivity index (χ0v) is 11.2. The summed E-state index contributed by atoms with van der Waals surface area (Å²) in [6, 6.07) is 1.65. The van der Waals surface area contributed by atoms with Crippen molar-refractivity contribution in [2.75, 3.05) is 38.0 Å². The minimum Gasteiger partial charge on any atom is -0.394 e. The van der Waals surface area contributed by atoms with Crippen LogP contribution in [0.4, 0.5) is 11.6 Å². The molecule has 0 aromatic carbocycles. The van der Waals surface area contributed by atoms with E-state index in [2.05, 4.69) is 27.5 Å². The Balaban J connectivity index is 2.82. The van der Waals surface area contributed by atoms with E-state index in [-0.39, 0.29) is 12.6 Å². The molecule has 0 spiro atoms. The average molecular weight is 254 g/mol. The number of aryl methyl sites for hydroxylation is 1. The van der Waals surface area contributed by atoms with Gasteiger partial charge in [-0.1, -0.05) is 6.92 Å². The molecule has 6 heteroatoms. The van der Waals surface area contributed by atoms with Crippen LogP contribution < -0.4 is 10.6 Å². The topological polar surface area (TPSA) is 79.3 Å². The van der Waals surface area contributed by atoms with Gasteiger partial charge in [-0.05, 0) is 6.42 Å². The molecule has 102 valence electrons. The van der Waals surface area contributed by atoms with E-state index in [4.69, 9.17) is 4.74 Å². The molecule has 1 unspecified atom stereocenters. The van der Waals surface area contributed by atoms with Gasteiger partial charge in [-0.3, -0.25) is 0 Å². The Hall–Kier alpha value is -1.40. The molecule has 1 aromatic heterocycles. The lowest BCUT2D eigenvalue weighted by molar-refractivity contribution is 0.153. The van der Waals surface area contributed by atoms with Crippen molar-refractivity contribution >= 4 is 11.6 Å². The number of hydrogen-bond donors (Lipinski definition) is 3. The summed E-state index contributed by atoms with van der Waals surface area (Å²) >= 11 is 0. The Morgan fingerprint density at radius 1 is 1.39 bits per heavy atom. The first-order chi connectivity index (χ1) is 8.73. The third kappa shape index (κ3) is 4.46. The molecule has 1 atom stereocenters. The fourth-order valence-electron chi connectivity index (χ4n) is 1.58. The van der Waals surface area contributed by atoms with Crippen LogP contribution in [0, 0.1) is 0 Å². The normalized spacial score (nSPS) is 12.2. The molecular formula is C12H22N4O2. The van der Waals surface area contributed by atoms with Crippen LogP contribution in [-0.4, -0.2) is 48.5 Å². The Morgan fingerprint density at radius 3 is 2.67 bits per heavy atom. The number of anilines is 2. The summed E-state index contributed by atoms with van der Waals surface area (Å²) in [5.41, 5.74) is 0. The van der Waals surface area contributed by atoms with Crippen LogP contribution >= 0.6 is 0 Å². The minimum absolute atomic E-state index is 0.00413. The first-order valence-electron chi connectivity index (χ1n) is 6.15. The molecular weight excluding hydrogens is 232 g/mol. The van der Waals surface area contributed by atoms with Crippen molar-refractivity contribution in [1.82, 2.24) is 9.97 Å². The van der Waals surface area contributed by atoms with Crippen LogP contribution in [-0.2, 0) is 11.2 Å². The van der Waals surface area contributed by atoms with Crippen LogP contribution in [0.3, 0.4) is 0 Å². The second-order valence-electron chi connectivity index (χ2n) is 4.03. The van der Waals surface area contributed by atoms with Crippen molar-refractivity contribution in [1.29, 1.82) is 0 Å². The number of nitrogens with zero attached hydrogens (tertiary/aromatic N) is 2. The molecule has 0 saturated carbocycles. The number of methoxy groups -OCH3 is 1. The van der Waals surface area contributed by atoms with Gasteiger partial charge in [0.25, 0.3) is 0 Å². The predicted molar refractivity (Wildman–Crippen MR) is 71.9 cm³/mol. The molecule has 6 nitrogen and oxygen atoms in total. The largest absolute Gasteiger partial charge is 0.394 e. The third-order valence-corrected chi connectivity index (χ3v) is 2.44. The van der Waals surface area contributed by atoms with Gasteiger partial charge in [0.1, 0.15) is 17.5 Å². The van der Waals surface area contributed by atoms with Crippen molar-refractivity contribution in [2.24, 2.45) is 0 Å². The monoisotopic (exact) mass is 254 g/mol. The van der Waals surface area contributed by atoms with Gasteiger partial charge in [-0.2, -0.15) is 0 Å². The summed E-state index contributed by atoms with van der Waals surface area (Å²) < 4.78 is 5.02. The number of rotatable bonds is 8. The highest BCUT2D eigenvalue weighted by atomic mass is 16.5. The number of aliphatic hydroxyl groups excluding tert-OH is 1. The molecule has 1 aromatic rings. The van der Waals surface area contributed by atoms with E-state index in [1.807, 2.05) is 13.1 Å². The zero-order chi connectivity index (χ0) is 13.4. The molecule has 1 rings (SSSR count). The van der Waals surface area contributed by atoms with Crippen molar-refractivity contribution in [3.63, 3.8) is 0 Å². The van der Waals surface area contributed by atoms with Gasteiger partial charge in [-0.15, -0.1) is 0 Å². The third-order valence-electron chi connectivity index (χ3n) is 2.44. The van der Waals surface area contributed by atoms with Gasteiger partial charge in [-0.25, -0.2) is 9.97 Å². The predicted octanol–water partition coefficient (Wildman–Crippen LogP) is 0.890. The first kappa shape index (κ1) is 14.7. The smallest absolute Gasteiger partial charge is 0.133 e.